The Labute approximate surface area is 117 Å². The van der Waals surface area contributed by atoms with E-state index in [0.717, 1.165) is 31.8 Å². The molecule has 0 aromatic carbocycles. The Balaban J connectivity index is 1.81. The number of carbonyl (C=O) groups excluding carboxylic acids is 1. The van der Waals surface area contributed by atoms with Crippen LogP contribution in [0.4, 0.5) is 0 Å². The van der Waals surface area contributed by atoms with E-state index in [2.05, 4.69) is 13.8 Å². The van der Waals surface area contributed by atoms with Crippen molar-refractivity contribution in [1.82, 2.24) is 4.90 Å². The Hall–Kier alpha value is -0.570. The van der Waals surface area contributed by atoms with Gasteiger partial charge in [0.1, 0.15) is 0 Å². The van der Waals surface area contributed by atoms with Crippen LogP contribution in [0.15, 0.2) is 0 Å². The van der Waals surface area contributed by atoms with Crippen molar-refractivity contribution in [2.75, 3.05) is 19.6 Å². The molecule has 1 amide bonds. The normalized spacial score (nSPS) is 30.6. The average Bonchev–Trinajstić information content (AvgIpc) is 2.83. The molecule has 2 aliphatic rings. The summed E-state index contributed by atoms with van der Waals surface area (Å²) in [6, 6.07) is 0. The van der Waals surface area contributed by atoms with Gasteiger partial charge >= 0.3 is 0 Å². The second kappa shape index (κ2) is 6.25. The number of carbonyl (C=O) groups is 1. The molecular formula is C16H30N2O. The molecule has 2 atom stereocenters. The SMILES string of the molecule is CC(CC(=O)N1CCC(C)(CN)C1)C1CCCCC1. The standard InChI is InChI=1S/C16H30N2O/c1-13(14-6-4-3-5-7-14)10-15(19)18-9-8-16(2,11-17)12-18/h13-14H,3-12,17H2,1-2H3. The number of nitrogens with two attached hydrogens (primary N) is 1. The Bertz CT molecular complexity index is 312. The third-order valence-electron chi connectivity index (χ3n) is 5.35. The van der Waals surface area contributed by atoms with E-state index in [0.29, 0.717) is 18.4 Å². The lowest BCUT2D eigenvalue weighted by atomic mass is 9.79. The van der Waals surface area contributed by atoms with Gasteiger partial charge in [0.2, 0.25) is 5.91 Å². The number of nitrogens with zero attached hydrogens (tertiary/aromatic N) is 1. The molecular weight excluding hydrogens is 236 g/mol. The molecule has 2 unspecified atom stereocenters. The Morgan fingerprint density at radius 1 is 1.37 bits per heavy atom. The van der Waals surface area contributed by atoms with E-state index in [-0.39, 0.29) is 5.41 Å². The maximum atomic E-state index is 12.4. The molecule has 0 radical (unpaired) electrons. The van der Waals surface area contributed by atoms with Crippen LogP contribution >= 0.6 is 0 Å². The van der Waals surface area contributed by atoms with Gasteiger partial charge < -0.3 is 10.6 Å². The zero-order valence-corrected chi connectivity index (χ0v) is 12.7. The summed E-state index contributed by atoms with van der Waals surface area (Å²) in [5, 5.41) is 0. The summed E-state index contributed by atoms with van der Waals surface area (Å²) in [6.07, 6.45) is 8.57. The van der Waals surface area contributed by atoms with Gasteiger partial charge in [-0.15, -0.1) is 0 Å². The summed E-state index contributed by atoms with van der Waals surface area (Å²) in [4.78, 5) is 14.4. The van der Waals surface area contributed by atoms with Crippen molar-refractivity contribution in [2.24, 2.45) is 23.0 Å². The van der Waals surface area contributed by atoms with Crippen LogP contribution in [0, 0.1) is 17.3 Å². The molecule has 19 heavy (non-hydrogen) atoms. The second-order valence-corrected chi connectivity index (χ2v) is 7.16. The van der Waals surface area contributed by atoms with Crippen LogP contribution in [0.1, 0.15) is 58.8 Å². The molecule has 2 rings (SSSR count). The van der Waals surface area contributed by atoms with Gasteiger partial charge in [0, 0.05) is 19.5 Å². The van der Waals surface area contributed by atoms with E-state index in [9.17, 15) is 4.79 Å². The largest absolute Gasteiger partial charge is 0.342 e. The number of likely N-dealkylation sites (tertiary alicyclic amines) is 1. The van der Waals surface area contributed by atoms with Crippen molar-refractivity contribution < 1.29 is 4.79 Å². The van der Waals surface area contributed by atoms with Crippen molar-refractivity contribution in [1.29, 1.82) is 0 Å². The first-order valence-corrected chi connectivity index (χ1v) is 8.02. The highest BCUT2D eigenvalue weighted by atomic mass is 16.2. The van der Waals surface area contributed by atoms with Crippen LogP contribution < -0.4 is 5.73 Å². The van der Waals surface area contributed by atoms with Gasteiger partial charge in [0.15, 0.2) is 0 Å². The summed E-state index contributed by atoms with van der Waals surface area (Å²) in [7, 11) is 0. The van der Waals surface area contributed by atoms with E-state index in [1.54, 1.807) is 0 Å². The maximum absolute atomic E-state index is 12.4. The van der Waals surface area contributed by atoms with Crippen LogP contribution in [0.2, 0.25) is 0 Å². The van der Waals surface area contributed by atoms with Crippen LogP contribution in [0.25, 0.3) is 0 Å². The highest BCUT2D eigenvalue weighted by Gasteiger charge is 2.35. The number of hydrogen-bond donors (Lipinski definition) is 1. The van der Waals surface area contributed by atoms with Crippen molar-refractivity contribution in [3.8, 4) is 0 Å². The summed E-state index contributed by atoms with van der Waals surface area (Å²) in [6.45, 7) is 6.93. The molecule has 3 heteroatoms. The minimum Gasteiger partial charge on any atom is -0.342 e. The third kappa shape index (κ3) is 3.71. The van der Waals surface area contributed by atoms with Crippen molar-refractivity contribution >= 4 is 5.91 Å². The molecule has 1 aliphatic heterocycles. The fraction of sp³-hybridized carbons (Fsp3) is 0.938. The predicted molar refractivity (Wildman–Crippen MR) is 78.7 cm³/mol. The molecule has 110 valence electrons. The van der Waals surface area contributed by atoms with Crippen molar-refractivity contribution in [2.45, 2.75) is 58.8 Å². The molecule has 2 N–H and O–H groups in total. The van der Waals surface area contributed by atoms with Gasteiger partial charge in [0.25, 0.3) is 0 Å². The fourth-order valence-corrected chi connectivity index (χ4v) is 3.68. The van der Waals surface area contributed by atoms with E-state index < -0.39 is 0 Å². The predicted octanol–water partition coefficient (Wildman–Crippen LogP) is 2.79. The lowest BCUT2D eigenvalue weighted by Crippen LogP contribution is -2.35. The van der Waals surface area contributed by atoms with Gasteiger partial charge in [-0.1, -0.05) is 46.0 Å². The van der Waals surface area contributed by atoms with Crippen LogP contribution in [0.5, 0.6) is 0 Å². The Kier molecular flexibility index (Phi) is 4.88. The first-order chi connectivity index (χ1) is 9.04. The summed E-state index contributed by atoms with van der Waals surface area (Å²) >= 11 is 0. The lowest BCUT2D eigenvalue weighted by molar-refractivity contribution is -0.131. The Morgan fingerprint density at radius 2 is 2.05 bits per heavy atom. The zero-order chi connectivity index (χ0) is 13.9. The van der Waals surface area contributed by atoms with Gasteiger partial charge in [-0.05, 0) is 30.2 Å². The Morgan fingerprint density at radius 3 is 2.63 bits per heavy atom. The molecule has 0 aromatic rings. The fourth-order valence-electron chi connectivity index (χ4n) is 3.68. The molecule has 0 bridgehead atoms. The van der Waals surface area contributed by atoms with E-state index in [1.165, 1.54) is 32.1 Å². The van der Waals surface area contributed by atoms with Crippen molar-refractivity contribution in [3.05, 3.63) is 0 Å². The molecule has 0 spiro atoms. The summed E-state index contributed by atoms with van der Waals surface area (Å²) in [5.41, 5.74) is 5.97. The van der Waals surface area contributed by atoms with Crippen LogP contribution in [0.3, 0.4) is 0 Å². The highest BCUT2D eigenvalue weighted by molar-refractivity contribution is 5.76. The quantitative estimate of drug-likeness (QED) is 0.850. The lowest BCUT2D eigenvalue weighted by Gasteiger charge is -2.29. The molecule has 1 saturated carbocycles. The molecule has 2 fully saturated rings. The van der Waals surface area contributed by atoms with Gasteiger partial charge in [-0.2, -0.15) is 0 Å². The van der Waals surface area contributed by atoms with Gasteiger partial charge in [-0.25, -0.2) is 0 Å². The van der Waals surface area contributed by atoms with Gasteiger partial charge in [0.05, 0.1) is 0 Å². The van der Waals surface area contributed by atoms with E-state index >= 15 is 0 Å². The maximum Gasteiger partial charge on any atom is 0.222 e. The van der Waals surface area contributed by atoms with E-state index in [1.807, 2.05) is 4.90 Å². The summed E-state index contributed by atoms with van der Waals surface area (Å²) < 4.78 is 0. The third-order valence-corrected chi connectivity index (χ3v) is 5.35. The van der Waals surface area contributed by atoms with E-state index in [4.69, 9.17) is 5.73 Å². The first kappa shape index (κ1) is 14.8. The van der Waals surface area contributed by atoms with Crippen LogP contribution in [-0.2, 0) is 4.79 Å². The number of amides is 1. The molecule has 1 saturated heterocycles. The highest BCUT2D eigenvalue weighted by Crippen LogP contribution is 2.33. The van der Waals surface area contributed by atoms with Crippen molar-refractivity contribution in [3.63, 3.8) is 0 Å². The average molecular weight is 266 g/mol. The molecule has 1 aliphatic carbocycles. The molecule has 1 heterocycles. The topological polar surface area (TPSA) is 46.3 Å². The zero-order valence-electron chi connectivity index (χ0n) is 12.7. The summed E-state index contributed by atoms with van der Waals surface area (Å²) in [5.74, 6) is 1.69. The number of hydrogen-bond acceptors (Lipinski definition) is 2. The second-order valence-electron chi connectivity index (χ2n) is 7.16. The minimum absolute atomic E-state index is 0.156. The smallest absolute Gasteiger partial charge is 0.222 e. The van der Waals surface area contributed by atoms with Crippen LogP contribution in [-0.4, -0.2) is 30.4 Å². The van der Waals surface area contributed by atoms with Gasteiger partial charge in [-0.3, -0.25) is 4.79 Å². The number of rotatable bonds is 4. The molecule has 0 aromatic heterocycles. The minimum atomic E-state index is 0.156. The molecule has 3 nitrogen and oxygen atoms in total. The first-order valence-electron chi connectivity index (χ1n) is 8.02. The monoisotopic (exact) mass is 266 g/mol.